The summed E-state index contributed by atoms with van der Waals surface area (Å²) in [5, 5.41) is 15.0. The van der Waals surface area contributed by atoms with E-state index in [1.54, 1.807) is 48.5 Å². The summed E-state index contributed by atoms with van der Waals surface area (Å²) in [5.41, 5.74) is 1.49. The molecule has 0 aliphatic carbocycles. The first-order valence-electron chi connectivity index (χ1n) is 20.9. The van der Waals surface area contributed by atoms with Crippen molar-refractivity contribution in [2.24, 2.45) is 11.8 Å². The Morgan fingerprint density at radius 3 is 1.53 bits per heavy atom. The van der Waals surface area contributed by atoms with E-state index in [1.165, 1.54) is 28.0 Å². The van der Waals surface area contributed by atoms with Gasteiger partial charge in [-0.1, -0.05) is 77.3 Å². The maximum atomic E-state index is 14.7. The normalized spacial score (nSPS) is 18.5. The average Bonchev–Trinajstić information content (AvgIpc) is 3.94. The quantitative estimate of drug-likeness (QED) is 0.0431. The van der Waals surface area contributed by atoms with Crippen molar-refractivity contribution < 1.29 is 57.6 Å². The number of para-hydroxylation sites is 2. The van der Waals surface area contributed by atoms with Gasteiger partial charge in [0.05, 0.1) is 40.2 Å². The van der Waals surface area contributed by atoms with E-state index in [4.69, 9.17) is 18.9 Å². The predicted octanol–water partition coefficient (Wildman–Crippen LogP) is 4.35. The van der Waals surface area contributed by atoms with Crippen LogP contribution in [0.25, 0.3) is 22.3 Å². The van der Waals surface area contributed by atoms with Gasteiger partial charge in [0.2, 0.25) is 5.91 Å². The minimum atomic E-state index is -1.10. The van der Waals surface area contributed by atoms with Gasteiger partial charge in [-0.05, 0) is 61.1 Å². The van der Waals surface area contributed by atoms with Crippen LogP contribution in [0.2, 0.25) is 0 Å². The molecule has 0 radical (unpaired) electrons. The van der Waals surface area contributed by atoms with Crippen LogP contribution in [-0.2, 0) is 43.0 Å². The molecule has 16 heteroatoms. The Labute approximate surface area is 369 Å². The third-order valence-electron chi connectivity index (χ3n) is 11.0. The van der Waals surface area contributed by atoms with Crippen LogP contribution in [0.1, 0.15) is 62.8 Å². The van der Waals surface area contributed by atoms with Gasteiger partial charge in [0.25, 0.3) is 11.8 Å². The largest absolute Gasteiger partial charge is 0.463 e. The van der Waals surface area contributed by atoms with E-state index in [9.17, 15) is 38.7 Å². The molecule has 7 rings (SSSR count). The second kappa shape index (κ2) is 18.7. The van der Waals surface area contributed by atoms with E-state index in [-0.39, 0.29) is 95.9 Å². The lowest BCUT2D eigenvalue weighted by Crippen LogP contribution is -2.45. The molecule has 3 unspecified atom stereocenters. The Balaban J connectivity index is 1.26. The van der Waals surface area contributed by atoms with Gasteiger partial charge in [-0.25, -0.2) is 19.2 Å². The SMILES string of the molecule is C=CC(=O)NCCOC(=O)C(CC(C)C)N1C(=O)/C(=C2/C(=O)Oc3cc4c(cc32)OC(=O)/C4=C2/C(=O)N(C(CC(C)C)C(=O)OCCNC(O)C=C)c3ccccc32)c2ccccc21. The molecule has 0 spiro atoms. The maximum Gasteiger partial charge on any atom is 0.345 e. The molecule has 3 N–H and O–H groups in total. The second-order valence-electron chi connectivity index (χ2n) is 16.3. The van der Waals surface area contributed by atoms with Gasteiger partial charge in [-0.2, -0.15) is 0 Å². The summed E-state index contributed by atoms with van der Waals surface area (Å²) >= 11 is 0. The van der Waals surface area contributed by atoms with Crippen molar-refractivity contribution in [3.05, 3.63) is 108 Å². The van der Waals surface area contributed by atoms with E-state index in [2.05, 4.69) is 23.8 Å². The Morgan fingerprint density at radius 1 is 0.672 bits per heavy atom. The van der Waals surface area contributed by atoms with Gasteiger partial charge < -0.3 is 29.4 Å². The lowest BCUT2D eigenvalue weighted by molar-refractivity contribution is -0.147. The van der Waals surface area contributed by atoms with Crippen LogP contribution in [-0.4, -0.2) is 91.3 Å². The van der Waals surface area contributed by atoms with Gasteiger partial charge in [0.15, 0.2) is 0 Å². The molecular weight excluding hydrogens is 825 g/mol. The fourth-order valence-corrected chi connectivity index (χ4v) is 8.24. The van der Waals surface area contributed by atoms with Crippen LogP contribution in [0.4, 0.5) is 11.4 Å². The number of hydrogen-bond donors (Lipinski definition) is 3. The first kappa shape index (κ1) is 44.9. The van der Waals surface area contributed by atoms with E-state index < -0.39 is 59.9 Å². The summed E-state index contributed by atoms with van der Waals surface area (Å²) < 4.78 is 22.7. The van der Waals surface area contributed by atoms with Crippen LogP contribution in [0, 0.1) is 11.8 Å². The van der Waals surface area contributed by atoms with E-state index in [0.717, 1.165) is 6.08 Å². The highest BCUT2D eigenvalue weighted by atomic mass is 16.6. The molecule has 0 bridgehead atoms. The number of esters is 4. The van der Waals surface area contributed by atoms with Crippen molar-refractivity contribution in [1.29, 1.82) is 0 Å². The Kier molecular flexibility index (Phi) is 13.1. The molecule has 3 amide bonds. The smallest absolute Gasteiger partial charge is 0.345 e. The molecule has 4 heterocycles. The molecule has 4 aliphatic rings. The van der Waals surface area contributed by atoms with Gasteiger partial charge in [0.1, 0.15) is 43.0 Å². The number of hydrogen-bond acceptors (Lipinski definition) is 13. The molecule has 64 heavy (non-hydrogen) atoms. The van der Waals surface area contributed by atoms with Gasteiger partial charge in [-0.15, -0.1) is 0 Å². The van der Waals surface area contributed by atoms with E-state index >= 15 is 0 Å². The topological polar surface area (TPSA) is 207 Å². The molecule has 3 aromatic carbocycles. The van der Waals surface area contributed by atoms with Gasteiger partial charge >= 0.3 is 23.9 Å². The number of anilines is 2. The molecule has 3 aromatic rings. The number of aliphatic hydroxyl groups is 1. The highest BCUT2D eigenvalue weighted by Gasteiger charge is 2.48. The molecule has 0 saturated heterocycles. The monoisotopic (exact) mass is 872 g/mol. The molecule has 3 atom stereocenters. The number of rotatable bonds is 17. The van der Waals surface area contributed by atoms with Crippen molar-refractivity contribution in [3.63, 3.8) is 0 Å². The summed E-state index contributed by atoms with van der Waals surface area (Å²) in [6.07, 6.45) is 1.81. The highest BCUT2D eigenvalue weighted by Crippen LogP contribution is 2.52. The zero-order valence-electron chi connectivity index (χ0n) is 35.8. The Bertz CT molecular complexity index is 2560. The van der Waals surface area contributed by atoms with Crippen molar-refractivity contribution in [2.45, 2.75) is 58.8 Å². The molecular formula is C48H48N4O12. The van der Waals surface area contributed by atoms with Gasteiger partial charge in [0, 0.05) is 28.8 Å². The summed E-state index contributed by atoms with van der Waals surface area (Å²) in [6, 6.07) is 14.1. The third kappa shape index (κ3) is 8.49. The number of nitrogens with one attached hydrogen (secondary N) is 2. The summed E-state index contributed by atoms with van der Waals surface area (Å²) in [4.78, 5) is 98.9. The van der Waals surface area contributed by atoms with Crippen molar-refractivity contribution >= 4 is 75.3 Å². The van der Waals surface area contributed by atoms with Crippen LogP contribution in [0.15, 0.2) is 86.0 Å². The lowest BCUT2D eigenvalue weighted by Gasteiger charge is -2.28. The van der Waals surface area contributed by atoms with Crippen LogP contribution in [0.3, 0.4) is 0 Å². The standard InChI is InChI=1S/C48H48N4O12/c1-7-37(53)49-17-19-61-45(57)33(21-25(3)4)51-31-15-11-9-13-27(31)39(43(51)55)41-29-23-36-30(24-35(29)63-47(41)59)42(48(60)64-36)40-28-14-10-12-16-32(28)52(44(40)56)34(22-26(5)6)46(58)62-20-18-50-38(54)8-2/h7-16,23-26,33-34,37,49,53H,1-2,17-22H2,3-6H3,(H,50,54)/b41-39+,42-40+. The molecule has 0 aromatic heterocycles. The van der Waals surface area contributed by atoms with Crippen LogP contribution < -0.4 is 29.9 Å². The minimum absolute atomic E-state index is 0.000808. The first-order chi connectivity index (χ1) is 30.7. The predicted molar refractivity (Wildman–Crippen MR) is 235 cm³/mol. The van der Waals surface area contributed by atoms with Crippen LogP contribution in [0.5, 0.6) is 11.5 Å². The number of amides is 3. The van der Waals surface area contributed by atoms with Gasteiger partial charge in [-0.3, -0.25) is 29.5 Å². The van der Waals surface area contributed by atoms with E-state index in [0.29, 0.717) is 22.5 Å². The number of carbonyl (C=O) groups is 7. The zero-order chi connectivity index (χ0) is 46.0. The molecule has 0 saturated carbocycles. The molecule has 4 aliphatic heterocycles. The lowest BCUT2D eigenvalue weighted by atomic mass is 9.92. The number of nitrogens with zero attached hydrogens (tertiary/aromatic N) is 2. The Morgan fingerprint density at radius 2 is 1.11 bits per heavy atom. The number of ether oxygens (including phenoxy) is 4. The zero-order valence-corrected chi connectivity index (χ0v) is 35.8. The number of benzene rings is 3. The number of carbonyl (C=O) groups excluding carboxylic acids is 7. The van der Waals surface area contributed by atoms with Crippen molar-refractivity contribution in [3.8, 4) is 11.5 Å². The summed E-state index contributed by atoms with van der Waals surface area (Å²) in [7, 11) is 0. The van der Waals surface area contributed by atoms with E-state index in [1.807, 2.05) is 27.7 Å². The minimum Gasteiger partial charge on any atom is -0.463 e. The van der Waals surface area contributed by atoms with Crippen molar-refractivity contribution in [1.82, 2.24) is 10.6 Å². The number of fused-ring (bicyclic) bond motifs is 4. The fourth-order valence-electron chi connectivity index (χ4n) is 8.24. The summed E-state index contributed by atoms with van der Waals surface area (Å²) in [5.74, 6) is -4.98. The second-order valence-corrected chi connectivity index (χ2v) is 16.3. The summed E-state index contributed by atoms with van der Waals surface area (Å²) in [6.45, 7) is 14.4. The molecule has 332 valence electrons. The third-order valence-corrected chi connectivity index (χ3v) is 11.0. The molecule has 16 nitrogen and oxygen atoms in total. The average molecular weight is 873 g/mol. The molecule has 0 fully saturated rings. The highest BCUT2D eigenvalue weighted by molar-refractivity contribution is 6.48. The van der Waals surface area contributed by atoms with Crippen LogP contribution >= 0.6 is 0 Å². The fraction of sp³-hybridized carbons (Fsp3) is 0.312. The number of aliphatic hydroxyl groups excluding tert-OH is 1. The maximum absolute atomic E-state index is 14.7. The first-order valence-corrected chi connectivity index (χ1v) is 20.9. The Hall–Kier alpha value is -7.17. The van der Waals surface area contributed by atoms with Crippen molar-refractivity contribution in [2.75, 3.05) is 36.1 Å².